The number of benzene rings is 1. The normalized spacial score (nSPS) is 20.7. The van der Waals surface area contributed by atoms with Crippen LogP contribution in [0.15, 0.2) is 29.2 Å². The van der Waals surface area contributed by atoms with Crippen molar-refractivity contribution >= 4 is 15.5 Å². The van der Waals surface area contributed by atoms with Gasteiger partial charge in [-0.25, -0.2) is 8.42 Å². The zero-order valence-electron chi connectivity index (χ0n) is 11.5. The Kier molecular flexibility index (Phi) is 4.48. The van der Waals surface area contributed by atoms with Crippen molar-refractivity contribution in [1.29, 1.82) is 0 Å². The third-order valence-electron chi connectivity index (χ3n) is 3.55. The van der Waals surface area contributed by atoms with Crippen LogP contribution in [-0.2, 0) is 9.84 Å². The minimum atomic E-state index is -5.27. The smallest absolute Gasteiger partial charge is 0.385 e. The topological polar surface area (TPSA) is 49.4 Å². The third kappa shape index (κ3) is 3.68. The molecule has 1 aromatic rings. The molecule has 4 nitrogen and oxygen atoms in total. The molecule has 2 rings (SSSR count). The predicted molar refractivity (Wildman–Crippen MR) is 73.8 cm³/mol. The quantitative estimate of drug-likeness (QED) is 0.924. The van der Waals surface area contributed by atoms with Gasteiger partial charge in [0.05, 0.1) is 4.90 Å². The number of hydrogen-bond donors (Lipinski definition) is 1. The zero-order chi connectivity index (χ0) is 15.7. The highest BCUT2D eigenvalue weighted by Gasteiger charge is 2.46. The van der Waals surface area contributed by atoms with Crippen LogP contribution in [0.1, 0.15) is 6.42 Å². The Balaban J connectivity index is 1.99. The first-order chi connectivity index (χ1) is 9.70. The highest BCUT2D eigenvalue weighted by molar-refractivity contribution is 7.92. The zero-order valence-corrected chi connectivity index (χ0v) is 12.3. The Morgan fingerprint density at radius 3 is 2.38 bits per heavy atom. The number of halogens is 3. The van der Waals surface area contributed by atoms with Crippen LogP contribution in [-0.4, -0.2) is 45.5 Å². The van der Waals surface area contributed by atoms with Crippen molar-refractivity contribution in [2.24, 2.45) is 5.92 Å². The maximum Gasteiger partial charge on any atom is 0.501 e. The van der Waals surface area contributed by atoms with E-state index in [1.807, 2.05) is 7.05 Å². The number of alkyl halides is 3. The molecule has 1 fully saturated rings. The summed E-state index contributed by atoms with van der Waals surface area (Å²) in [6.07, 6.45) is 1.07. The van der Waals surface area contributed by atoms with Gasteiger partial charge < -0.3 is 10.2 Å². The molecule has 0 aliphatic carbocycles. The molecule has 1 saturated heterocycles. The van der Waals surface area contributed by atoms with E-state index in [4.69, 9.17) is 0 Å². The number of nitrogens with one attached hydrogen (secondary N) is 1. The molecule has 1 aromatic carbocycles. The van der Waals surface area contributed by atoms with Crippen molar-refractivity contribution < 1.29 is 21.6 Å². The monoisotopic (exact) mass is 322 g/mol. The average Bonchev–Trinajstić information content (AvgIpc) is 2.81. The molecule has 0 spiro atoms. The highest BCUT2D eigenvalue weighted by atomic mass is 32.2. The van der Waals surface area contributed by atoms with E-state index in [0.717, 1.165) is 38.2 Å². The van der Waals surface area contributed by atoms with Crippen LogP contribution in [0.3, 0.4) is 0 Å². The summed E-state index contributed by atoms with van der Waals surface area (Å²) >= 11 is 0. The van der Waals surface area contributed by atoms with E-state index < -0.39 is 20.2 Å². The Bertz CT molecular complexity index is 584. The Hall–Kier alpha value is -1.28. The van der Waals surface area contributed by atoms with Gasteiger partial charge in [0.15, 0.2) is 0 Å². The first-order valence-electron chi connectivity index (χ1n) is 6.54. The van der Waals surface area contributed by atoms with Crippen molar-refractivity contribution in [2.45, 2.75) is 16.8 Å². The van der Waals surface area contributed by atoms with Gasteiger partial charge in [0.2, 0.25) is 0 Å². The lowest BCUT2D eigenvalue weighted by Crippen LogP contribution is -2.23. The van der Waals surface area contributed by atoms with E-state index in [1.165, 1.54) is 12.1 Å². The molecular weight excluding hydrogens is 305 g/mol. The van der Waals surface area contributed by atoms with Crippen LogP contribution in [0.25, 0.3) is 0 Å². The highest BCUT2D eigenvalue weighted by Crippen LogP contribution is 2.30. The van der Waals surface area contributed by atoms with E-state index in [2.05, 4.69) is 10.2 Å². The maximum absolute atomic E-state index is 12.4. The van der Waals surface area contributed by atoms with E-state index in [-0.39, 0.29) is 0 Å². The molecule has 1 heterocycles. The van der Waals surface area contributed by atoms with Crippen molar-refractivity contribution in [1.82, 2.24) is 4.90 Å². The summed E-state index contributed by atoms with van der Waals surface area (Å²) < 4.78 is 59.6. The Morgan fingerprint density at radius 2 is 1.90 bits per heavy atom. The van der Waals surface area contributed by atoms with Crippen molar-refractivity contribution in [2.75, 3.05) is 32.0 Å². The van der Waals surface area contributed by atoms with Gasteiger partial charge >= 0.3 is 5.51 Å². The molecule has 8 heteroatoms. The molecule has 0 unspecified atom stereocenters. The second-order valence-electron chi connectivity index (χ2n) is 5.27. The van der Waals surface area contributed by atoms with E-state index >= 15 is 0 Å². The number of sulfone groups is 1. The second kappa shape index (κ2) is 5.84. The molecule has 0 amide bonds. The molecule has 0 aromatic heterocycles. The summed E-state index contributed by atoms with van der Waals surface area (Å²) in [5.74, 6) is 0.494. The number of nitrogens with zero attached hydrogens (tertiary/aromatic N) is 1. The van der Waals surface area contributed by atoms with Crippen LogP contribution in [0.2, 0.25) is 0 Å². The van der Waals surface area contributed by atoms with Crippen molar-refractivity contribution in [3.8, 4) is 0 Å². The summed E-state index contributed by atoms with van der Waals surface area (Å²) in [6, 6.07) is 4.67. The second-order valence-corrected chi connectivity index (χ2v) is 7.21. The largest absolute Gasteiger partial charge is 0.501 e. The fourth-order valence-corrected chi connectivity index (χ4v) is 3.10. The lowest BCUT2D eigenvalue weighted by molar-refractivity contribution is -0.0436. The lowest BCUT2D eigenvalue weighted by atomic mass is 10.1. The number of anilines is 1. The summed E-state index contributed by atoms with van der Waals surface area (Å²) in [5.41, 5.74) is -4.65. The Labute approximate surface area is 121 Å². The van der Waals surface area contributed by atoms with Gasteiger partial charge in [-0.05, 0) is 50.2 Å². The van der Waals surface area contributed by atoms with Gasteiger partial charge in [0.1, 0.15) is 0 Å². The standard InChI is InChI=1S/C13H17F3N2O2S/c1-18-7-6-10(9-18)8-17-11-2-4-12(5-3-11)21(19,20)13(14,15)16/h2-5,10,17H,6-9H2,1H3/t10-/m0/s1. The minimum absolute atomic E-state index is 0.494. The summed E-state index contributed by atoms with van der Waals surface area (Å²) in [6.45, 7) is 2.73. The first kappa shape index (κ1) is 16.1. The molecule has 0 saturated carbocycles. The SMILES string of the molecule is CN1CC[C@@H](CNc2ccc(S(=O)(=O)C(F)(F)F)cc2)C1. The van der Waals surface area contributed by atoms with Gasteiger partial charge in [-0.2, -0.15) is 13.2 Å². The number of hydrogen-bond acceptors (Lipinski definition) is 4. The molecule has 1 N–H and O–H groups in total. The van der Waals surface area contributed by atoms with Crippen LogP contribution >= 0.6 is 0 Å². The Morgan fingerprint density at radius 1 is 1.29 bits per heavy atom. The maximum atomic E-state index is 12.4. The molecule has 118 valence electrons. The molecular formula is C13H17F3N2O2S. The lowest BCUT2D eigenvalue weighted by Gasteiger charge is -2.13. The molecule has 1 atom stereocenters. The average molecular weight is 322 g/mol. The minimum Gasteiger partial charge on any atom is -0.385 e. The molecule has 1 aliphatic rings. The predicted octanol–water partition coefficient (Wildman–Crippen LogP) is 2.34. The van der Waals surface area contributed by atoms with Gasteiger partial charge in [0.25, 0.3) is 9.84 Å². The summed E-state index contributed by atoms with van der Waals surface area (Å²) in [4.78, 5) is 1.48. The third-order valence-corrected chi connectivity index (χ3v) is 5.06. The van der Waals surface area contributed by atoms with Crippen molar-refractivity contribution in [3.63, 3.8) is 0 Å². The van der Waals surface area contributed by atoms with Crippen molar-refractivity contribution in [3.05, 3.63) is 24.3 Å². The van der Waals surface area contributed by atoms with Gasteiger partial charge in [-0.1, -0.05) is 0 Å². The van der Waals surface area contributed by atoms with Gasteiger partial charge in [0, 0.05) is 18.8 Å². The fraction of sp³-hybridized carbons (Fsp3) is 0.538. The van der Waals surface area contributed by atoms with E-state index in [1.54, 1.807) is 0 Å². The number of likely N-dealkylation sites (tertiary alicyclic amines) is 1. The van der Waals surface area contributed by atoms with Gasteiger partial charge in [-0.15, -0.1) is 0 Å². The summed E-state index contributed by atoms with van der Waals surface area (Å²) in [7, 11) is -3.23. The molecule has 1 aliphatic heterocycles. The molecule has 21 heavy (non-hydrogen) atoms. The number of rotatable bonds is 4. The van der Waals surface area contributed by atoms with E-state index in [9.17, 15) is 21.6 Å². The van der Waals surface area contributed by atoms with Crippen LogP contribution in [0, 0.1) is 5.92 Å². The molecule has 0 radical (unpaired) electrons. The summed E-state index contributed by atoms with van der Waals surface area (Å²) in [5, 5.41) is 3.12. The first-order valence-corrected chi connectivity index (χ1v) is 8.02. The van der Waals surface area contributed by atoms with E-state index in [0.29, 0.717) is 11.6 Å². The van der Waals surface area contributed by atoms with Gasteiger partial charge in [-0.3, -0.25) is 0 Å². The molecule has 0 bridgehead atoms. The fourth-order valence-electron chi connectivity index (χ4n) is 2.34. The van der Waals surface area contributed by atoms with Crippen LogP contribution < -0.4 is 5.32 Å². The van der Waals surface area contributed by atoms with Crippen LogP contribution in [0.5, 0.6) is 0 Å². The van der Waals surface area contributed by atoms with Crippen LogP contribution in [0.4, 0.5) is 18.9 Å².